The molecule has 0 N–H and O–H groups in total. The lowest BCUT2D eigenvalue weighted by atomic mass is 9.99. The van der Waals surface area contributed by atoms with Gasteiger partial charge in [-0.1, -0.05) is 54.6 Å². The van der Waals surface area contributed by atoms with Crippen LogP contribution in [0.25, 0.3) is 0 Å². The highest BCUT2D eigenvalue weighted by Gasteiger charge is 2.43. The highest BCUT2D eigenvalue weighted by atomic mass is 16.6. The number of hydrogen-bond donors (Lipinski definition) is 0. The third kappa shape index (κ3) is 2.84. The second kappa shape index (κ2) is 6.40. The third-order valence-corrected chi connectivity index (χ3v) is 5.28. The van der Waals surface area contributed by atoms with E-state index in [9.17, 15) is 4.79 Å². The molecular formula is C21H22O3. The van der Waals surface area contributed by atoms with Gasteiger partial charge < -0.3 is 9.47 Å². The second-order valence-electron chi connectivity index (χ2n) is 6.76. The van der Waals surface area contributed by atoms with Crippen molar-refractivity contribution < 1.29 is 14.3 Å². The van der Waals surface area contributed by atoms with Gasteiger partial charge in [-0.05, 0) is 47.8 Å². The van der Waals surface area contributed by atoms with E-state index in [2.05, 4.69) is 18.2 Å². The van der Waals surface area contributed by atoms with Crippen molar-refractivity contribution in [2.45, 2.75) is 37.4 Å². The van der Waals surface area contributed by atoms with Crippen LogP contribution in [-0.4, -0.2) is 13.1 Å². The molecule has 1 fully saturated rings. The minimum absolute atomic E-state index is 0.164. The lowest BCUT2D eigenvalue weighted by Gasteiger charge is -2.22. The van der Waals surface area contributed by atoms with Crippen LogP contribution in [0.2, 0.25) is 0 Å². The monoisotopic (exact) mass is 322 g/mol. The summed E-state index contributed by atoms with van der Waals surface area (Å²) in [6, 6.07) is 17.9. The van der Waals surface area contributed by atoms with E-state index < -0.39 is 6.10 Å². The van der Waals surface area contributed by atoms with Crippen molar-refractivity contribution in [3.8, 4) is 0 Å². The summed E-state index contributed by atoms with van der Waals surface area (Å²) in [6.07, 6.45) is 2.47. The van der Waals surface area contributed by atoms with Crippen LogP contribution in [0.1, 0.15) is 54.1 Å². The van der Waals surface area contributed by atoms with Crippen molar-refractivity contribution in [2.75, 3.05) is 7.11 Å². The molecule has 0 heterocycles. The zero-order valence-electron chi connectivity index (χ0n) is 13.9. The maximum Gasteiger partial charge on any atom is 0.340 e. The van der Waals surface area contributed by atoms with Crippen LogP contribution < -0.4 is 0 Å². The Hall–Kier alpha value is -2.13. The SMILES string of the molecule is CO[C@H](C(=O)O[C@H]1CC[C@@H]2C[C@H]2c2ccccc21)c1ccccc1. The van der Waals surface area contributed by atoms with E-state index in [-0.39, 0.29) is 12.1 Å². The molecule has 4 atom stereocenters. The maximum atomic E-state index is 12.7. The van der Waals surface area contributed by atoms with E-state index in [1.54, 1.807) is 7.11 Å². The molecule has 2 aliphatic carbocycles. The molecule has 3 nitrogen and oxygen atoms in total. The molecule has 0 spiro atoms. The zero-order valence-corrected chi connectivity index (χ0v) is 13.9. The van der Waals surface area contributed by atoms with Gasteiger partial charge >= 0.3 is 5.97 Å². The first-order valence-corrected chi connectivity index (χ1v) is 8.65. The first-order chi connectivity index (χ1) is 11.8. The Bertz CT molecular complexity index is 725. The largest absolute Gasteiger partial charge is 0.455 e. The van der Waals surface area contributed by atoms with E-state index in [0.717, 1.165) is 24.3 Å². The number of carbonyl (C=O) groups excluding carboxylic acids is 1. The molecular weight excluding hydrogens is 300 g/mol. The second-order valence-corrected chi connectivity index (χ2v) is 6.76. The van der Waals surface area contributed by atoms with Crippen LogP contribution in [0.4, 0.5) is 0 Å². The fourth-order valence-corrected chi connectivity index (χ4v) is 3.93. The third-order valence-electron chi connectivity index (χ3n) is 5.28. The fourth-order valence-electron chi connectivity index (χ4n) is 3.93. The van der Waals surface area contributed by atoms with Crippen LogP contribution in [0.3, 0.4) is 0 Å². The van der Waals surface area contributed by atoms with Gasteiger partial charge in [0, 0.05) is 7.11 Å². The number of esters is 1. The van der Waals surface area contributed by atoms with Gasteiger partial charge in [0.05, 0.1) is 0 Å². The summed E-state index contributed by atoms with van der Waals surface area (Å²) in [4.78, 5) is 12.7. The van der Waals surface area contributed by atoms with E-state index in [4.69, 9.17) is 9.47 Å². The minimum atomic E-state index is -0.670. The van der Waals surface area contributed by atoms with Crippen molar-refractivity contribution in [1.82, 2.24) is 0 Å². The number of rotatable bonds is 4. The Kier molecular flexibility index (Phi) is 4.11. The van der Waals surface area contributed by atoms with E-state index >= 15 is 0 Å². The molecule has 0 saturated heterocycles. The van der Waals surface area contributed by atoms with Gasteiger partial charge in [-0.25, -0.2) is 4.79 Å². The number of hydrogen-bond acceptors (Lipinski definition) is 3. The molecule has 0 aliphatic heterocycles. The van der Waals surface area contributed by atoms with Gasteiger partial charge in [0.2, 0.25) is 0 Å². The normalized spacial score (nSPS) is 25.8. The van der Waals surface area contributed by atoms with E-state index in [0.29, 0.717) is 5.92 Å². The Labute approximate surface area is 142 Å². The molecule has 2 aliphatic rings. The predicted molar refractivity (Wildman–Crippen MR) is 91.5 cm³/mol. The molecule has 124 valence electrons. The molecule has 2 aromatic carbocycles. The smallest absolute Gasteiger partial charge is 0.340 e. The fraction of sp³-hybridized carbons (Fsp3) is 0.381. The van der Waals surface area contributed by atoms with E-state index in [1.807, 2.05) is 36.4 Å². The molecule has 0 aromatic heterocycles. The molecule has 0 unspecified atom stereocenters. The zero-order chi connectivity index (χ0) is 16.5. The summed E-state index contributed by atoms with van der Waals surface area (Å²) in [5.41, 5.74) is 3.37. The summed E-state index contributed by atoms with van der Waals surface area (Å²) in [7, 11) is 1.55. The number of benzene rings is 2. The average Bonchev–Trinajstić information content (AvgIpc) is 3.40. The highest BCUT2D eigenvalue weighted by molar-refractivity contribution is 5.77. The molecule has 4 rings (SSSR count). The molecule has 2 aromatic rings. The molecule has 1 saturated carbocycles. The Morgan fingerprint density at radius 1 is 1.00 bits per heavy atom. The van der Waals surface area contributed by atoms with Gasteiger partial charge in [0.15, 0.2) is 6.10 Å². The topological polar surface area (TPSA) is 35.5 Å². The van der Waals surface area contributed by atoms with Crippen molar-refractivity contribution in [1.29, 1.82) is 0 Å². The Morgan fingerprint density at radius 3 is 2.46 bits per heavy atom. The van der Waals surface area contributed by atoms with Crippen molar-refractivity contribution in [3.05, 3.63) is 71.3 Å². The average molecular weight is 322 g/mol. The standard InChI is InChI=1S/C21H22O3/c1-23-20(14-7-3-2-4-8-14)21(22)24-19-12-11-15-13-18(15)16-9-5-6-10-17(16)19/h2-10,15,18-20H,11-13H2,1H3/t15-,18-,19+,20+/m1/s1. The minimum Gasteiger partial charge on any atom is -0.455 e. The highest BCUT2D eigenvalue weighted by Crippen LogP contribution is 2.55. The summed E-state index contributed by atoms with van der Waals surface area (Å²) in [5.74, 6) is 1.12. The Morgan fingerprint density at radius 2 is 1.71 bits per heavy atom. The van der Waals surface area contributed by atoms with Gasteiger partial charge in [-0.15, -0.1) is 0 Å². The molecule has 0 bridgehead atoms. The van der Waals surface area contributed by atoms with Gasteiger partial charge in [0.25, 0.3) is 0 Å². The maximum absolute atomic E-state index is 12.7. The van der Waals surface area contributed by atoms with Crippen molar-refractivity contribution >= 4 is 5.97 Å². The lowest BCUT2D eigenvalue weighted by Crippen LogP contribution is -2.20. The van der Waals surface area contributed by atoms with Crippen LogP contribution >= 0.6 is 0 Å². The van der Waals surface area contributed by atoms with Gasteiger partial charge in [-0.2, -0.15) is 0 Å². The van der Waals surface area contributed by atoms with E-state index in [1.165, 1.54) is 17.5 Å². The van der Waals surface area contributed by atoms with Crippen LogP contribution in [-0.2, 0) is 14.3 Å². The summed E-state index contributed by atoms with van der Waals surface area (Å²) >= 11 is 0. The number of methoxy groups -OCH3 is 1. The number of fused-ring (bicyclic) bond motifs is 3. The van der Waals surface area contributed by atoms with Crippen molar-refractivity contribution in [3.63, 3.8) is 0 Å². The van der Waals surface area contributed by atoms with Crippen molar-refractivity contribution in [2.24, 2.45) is 5.92 Å². The summed E-state index contributed by atoms with van der Waals surface area (Å²) in [5, 5.41) is 0. The van der Waals surface area contributed by atoms with Crippen LogP contribution in [0.5, 0.6) is 0 Å². The summed E-state index contributed by atoms with van der Waals surface area (Å²) < 4.78 is 11.3. The quantitative estimate of drug-likeness (QED) is 0.774. The molecule has 3 heteroatoms. The van der Waals surface area contributed by atoms with Gasteiger partial charge in [0.1, 0.15) is 6.10 Å². The first-order valence-electron chi connectivity index (χ1n) is 8.65. The van der Waals surface area contributed by atoms with Gasteiger partial charge in [-0.3, -0.25) is 0 Å². The molecule has 0 radical (unpaired) electrons. The first kappa shape index (κ1) is 15.4. The summed E-state index contributed by atoms with van der Waals surface area (Å²) in [6.45, 7) is 0. The number of carbonyl (C=O) groups is 1. The Balaban J connectivity index is 1.56. The predicted octanol–water partition coefficient (Wildman–Crippen LogP) is 4.56. The molecule has 0 amide bonds. The van der Waals surface area contributed by atoms with Crippen LogP contribution in [0, 0.1) is 5.92 Å². The van der Waals surface area contributed by atoms with Crippen LogP contribution in [0.15, 0.2) is 54.6 Å². The molecule has 24 heavy (non-hydrogen) atoms. The lowest BCUT2D eigenvalue weighted by molar-refractivity contribution is -0.162. The number of ether oxygens (including phenoxy) is 2.